The normalized spacial score (nSPS) is 13.2. The van der Waals surface area contributed by atoms with Crippen molar-refractivity contribution >= 4 is 17.9 Å². The van der Waals surface area contributed by atoms with E-state index in [-0.39, 0.29) is 44.0 Å². The van der Waals surface area contributed by atoms with Crippen molar-refractivity contribution in [2.24, 2.45) is 0 Å². The molecule has 0 radical (unpaired) electrons. The van der Waals surface area contributed by atoms with Crippen LogP contribution < -0.4 is 0 Å². The standard InChI is InChI=1S/C54H84O6/c1-4-7-10-13-16-19-22-24-25-26-27-28-30-32-35-38-41-44-47-53(56)59-50-51(49-58-52(55)46-43-40-37-34-31-21-18-15-12-9-6-3)60-54(57)48-45-42-39-36-33-29-23-20-17-14-11-8-5-2/h8-9,11-12,14,17-18,20-29,33-34,37,51H,4-7,10,13,15-16,19,30-32,35-36,38-50H2,1-3H3/b11-8-,12-9-,17-14-,21-18-,23-20-,24-22-,26-25-,28-27-,33-29-,37-34-. The molecule has 1 unspecified atom stereocenters. The zero-order chi connectivity index (χ0) is 43.7. The van der Waals surface area contributed by atoms with E-state index in [9.17, 15) is 14.4 Å². The Balaban J connectivity index is 4.54. The molecule has 0 aliphatic heterocycles. The Labute approximate surface area is 367 Å². The minimum absolute atomic E-state index is 0.125. The van der Waals surface area contributed by atoms with Gasteiger partial charge in [-0.15, -0.1) is 0 Å². The molecule has 0 rings (SSSR count). The first-order valence-electron chi connectivity index (χ1n) is 23.6. The van der Waals surface area contributed by atoms with E-state index in [0.717, 1.165) is 96.3 Å². The molecule has 0 fully saturated rings. The molecule has 0 aliphatic carbocycles. The molecule has 0 spiro atoms. The summed E-state index contributed by atoms with van der Waals surface area (Å²) in [5.41, 5.74) is 0. The molecule has 0 aromatic heterocycles. The van der Waals surface area contributed by atoms with Crippen molar-refractivity contribution < 1.29 is 28.6 Å². The molecule has 1 atom stereocenters. The first kappa shape index (κ1) is 55.8. The van der Waals surface area contributed by atoms with Crippen LogP contribution >= 0.6 is 0 Å². The highest BCUT2D eigenvalue weighted by Crippen LogP contribution is 2.11. The van der Waals surface area contributed by atoms with Crippen LogP contribution in [0, 0.1) is 0 Å². The van der Waals surface area contributed by atoms with Crippen molar-refractivity contribution in [1.29, 1.82) is 0 Å². The fraction of sp³-hybridized carbons (Fsp3) is 0.574. The lowest BCUT2D eigenvalue weighted by atomic mass is 10.1. The van der Waals surface area contributed by atoms with E-state index in [0.29, 0.717) is 19.3 Å². The molecule has 0 bridgehead atoms. The van der Waals surface area contributed by atoms with Gasteiger partial charge in [0.05, 0.1) is 0 Å². The van der Waals surface area contributed by atoms with Gasteiger partial charge in [-0.2, -0.15) is 0 Å². The van der Waals surface area contributed by atoms with Gasteiger partial charge in [-0.1, -0.05) is 194 Å². The van der Waals surface area contributed by atoms with E-state index in [1.807, 2.05) is 36.5 Å². The Hall–Kier alpha value is -4.19. The van der Waals surface area contributed by atoms with Gasteiger partial charge in [0.1, 0.15) is 13.2 Å². The van der Waals surface area contributed by atoms with E-state index in [2.05, 4.69) is 106 Å². The fourth-order valence-electron chi connectivity index (χ4n) is 5.83. The zero-order valence-corrected chi connectivity index (χ0v) is 38.2. The van der Waals surface area contributed by atoms with Gasteiger partial charge >= 0.3 is 17.9 Å². The maximum Gasteiger partial charge on any atom is 0.306 e. The lowest BCUT2D eigenvalue weighted by molar-refractivity contribution is -0.167. The molecular weight excluding hydrogens is 745 g/mol. The molecule has 0 N–H and O–H groups in total. The Morgan fingerprint density at radius 3 is 1.28 bits per heavy atom. The van der Waals surface area contributed by atoms with Crippen LogP contribution in [0.5, 0.6) is 0 Å². The smallest absolute Gasteiger partial charge is 0.306 e. The van der Waals surface area contributed by atoms with E-state index in [1.54, 1.807) is 0 Å². The number of allylic oxidation sites excluding steroid dienone is 20. The fourth-order valence-corrected chi connectivity index (χ4v) is 5.83. The van der Waals surface area contributed by atoms with Crippen LogP contribution in [-0.2, 0) is 28.6 Å². The Bertz CT molecular complexity index is 1320. The SMILES string of the molecule is CC\C=C/C=C\C=C/C=C\CCCCCC(=O)OC(COC(=O)CCC/C=C\C/C=C\C/C=C\CC)COC(=O)CCCCCCC\C=C/C=C\C=C/CCCCCCC. The van der Waals surface area contributed by atoms with Crippen LogP contribution in [0.4, 0.5) is 0 Å². The molecule has 0 heterocycles. The molecule has 6 nitrogen and oxygen atoms in total. The van der Waals surface area contributed by atoms with E-state index >= 15 is 0 Å². The average molecular weight is 829 g/mol. The van der Waals surface area contributed by atoms with Crippen molar-refractivity contribution in [3.63, 3.8) is 0 Å². The number of esters is 3. The summed E-state index contributed by atoms with van der Waals surface area (Å²) in [4.78, 5) is 37.8. The van der Waals surface area contributed by atoms with Gasteiger partial charge in [0.25, 0.3) is 0 Å². The minimum atomic E-state index is -0.829. The second-order valence-corrected chi connectivity index (χ2v) is 15.0. The first-order valence-corrected chi connectivity index (χ1v) is 23.6. The predicted molar refractivity (Wildman–Crippen MR) is 256 cm³/mol. The molecule has 0 aliphatic rings. The van der Waals surface area contributed by atoms with Crippen molar-refractivity contribution in [2.45, 2.75) is 187 Å². The molecule has 60 heavy (non-hydrogen) atoms. The number of unbranched alkanes of at least 4 members (excludes halogenated alkanes) is 14. The van der Waals surface area contributed by atoms with Crippen LogP contribution in [0.25, 0.3) is 0 Å². The lowest BCUT2D eigenvalue weighted by Gasteiger charge is -2.18. The summed E-state index contributed by atoms with van der Waals surface area (Å²) >= 11 is 0. The quantitative estimate of drug-likeness (QED) is 0.0201. The third-order valence-corrected chi connectivity index (χ3v) is 9.34. The molecule has 0 aromatic carbocycles. The molecule has 0 aromatic rings. The van der Waals surface area contributed by atoms with Gasteiger partial charge in [-0.25, -0.2) is 0 Å². The summed E-state index contributed by atoms with van der Waals surface area (Å²) in [6, 6.07) is 0. The summed E-state index contributed by atoms with van der Waals surface area (Å²) in [6.45, 7) is 6.23. The minimum Gasteiger partial charge on any atom is -0.462 e. The van der Waals surface area contributed by atoms with Gasteiger partial charge < -0.3 is 14.2 Å². The van der Waals surface area contributed by atoms with E-state index in [1.165, 1.54) is 32.1 Å². The second-order valence-electron chi connectivity index (χ2n) is 15.0. The van der Waals surface area contributed by atoms with Crippen LogP contribution in [0.3, 0.4) is 0 Å². The largest absolute Gasteiger partial charge is 0.462 e. The number of carbonyl (C=O) groups excluding carboxylic acids is 3. The summed E-state index contributed by atoms with van der Waals surface area (Å²) in [7, 11) is 0. The van der Waals surface area contributed by atoms with Crippen molar-refractivity contribution in [3.8, 4) is 0 Å². The third-order valence-electron chi connectivity index (χ3n) is 9.34. The summed E-state index contributed by atoms with van der Waals surface area (Å²) in [5, 5.41) is 0. The van der Waals surface area contributed by atoms with Crippen molar-refractivity contribution in [3.05, 3.63) is 122 Å². The average Bonchev–Trinajstić information content (AvgIpc) is 3.24. The van der Waals surface area contributed by atoms with Crippen molar-refractivity contribution in [2.75, 3.05) is 13.2 Å². The molecule has 336 valence electrons. The molecule has 6 heteroatoms. The Morgan fingerprint density at radius 1 is 0.367 bits per heavy atom. The summed E-state index contributed by atoms with van der Waals surface area (Å²) in [5.74, 6) is -1.05. The van der Waals surface area contributed by atoms with Gasteiger partial charge in [0.15, 0.2) is 6.10 Å². The van der Waals surface area contributed by atoms with Crippen LogP contribution in [0.2, 0.25) is 0 Å². The Morgan fingerprint density at radius 2 is 0.750 bits per heavy atom. The number of carbonyl (C=O) groups is 3. The van der Waals surface area contributed by atoms with Gasteiger partial charge in [-0.3, -0.25) is 14.4 Å². The highest BCUT2D eigenvalue weighted by molar-refractivity contribution is 5.71. The maximum atomic E-state index is 12.7. The number of hydrogen-bond donors (Lipinski definition) is 0. The molecule has 0 saturated carbocycles. The van der Waals surface area contributed by atoms with Crippen LogP contribution in [0.15, 0.2) is 122 Å². The monoisotopic (exact) mass is 829 g/mol. The molecule has 0 saturated heterocycles. The number of rotatable bonds is 40. The number of ether oxygens (including phenoxy) is 3. The zero-order valence-electron chi connectivity index (χ0n) is 38.2. The van der Waals surface area contributed by atoms with E-state index in [4.69, 9.17) is 14.2 Å². The van der Waals surface area contributed by atoms with Gasteiger partial charge in [-0.05, 0) is 89.9 Å². The van der Waals surface area contributed by atoms with Crippen LogP contribution in [0.1, 0.15) is 181 Å². The van der Waals surface area contributed by atoms with Gasteiger partial charge in [0.2, 0.25) is 0 Å². The highest BCUT2D eigenvalue weighted by atomic mass is 16.6. The second kappa shape index (κ2) is 47.5. The Kier molecular flexibility index (Phi) is 44.2. The first-order chi connectivity index (χ1) is 29.5. The predicted octanol–water partition coefficient (Wildman–Crippen LogP) is 15.4. The summed E-state index contributed by atoms with van der Waals surface area (Å²) in [6.07, 6.45) is 64.8. The molecule has 0 amide bonds. The summed E-state index contributed by atoms with van der Waals surface area (Å²) < 4.78 is 16.6. The van der Waals surface area contributed by atoms with Gasteiger partial charge in [0, 0.05) is 19.3 Å². The third kappa shape index (κ3) is 44.9. The number of hydrogen-bond acceptors (Lipinski definition) is 6. The molecular formula is C54H84O6. The lowest BCUT2D eigenvalue weighted by Crippen LogP contribution is -2.30. The topological polar surface area (TPSA) is 78.9 Å². The van der Waals surface area contributed by atoms with E-state index < -0.39 is 6.10 Å². The maximum absolute atomic E-state index is 12.7. The highest BCUT2D eigenvalue weighted by Gasteiger charge is 2.19. The van der Waals surface area contributed by atoms with Crippen LogP contribution in [-0.4, -0.2) is 37.2 Å². The van der Waals surface area contributed by atoms with Crippen molar-refractivity contribution in [1.82, 2.24) is 0 Å².